The molecule has 2 N–H and O–H groups in total. The lowest BCUT2D eigenvalue weighted by molar-refractivity contribution is 0.832. The Labute approximate surface area is 122 Å². The van der Waals surface area contributed by atoms with E-state index in [-0.39, 0.29) is 0 Å². The third kappa shape index (κ3) is 4.07. The van der Waals surface area contributed by atoms with Crippen molar-refractivity contribution in [1.82, 2.24) is 0 Å². The predicted octanol–water partition coefficient (Wildman–Crippen LogP) is 4.37. The van der Waals surface area contributed by atoms with Crippen LogP contribution in [0.3, 0.4) is 0 Å². The van der Waals surface area contributed by atoms with Crippen LogP contribution in [0.15, 0.2) is 42.5 Å². The molecule has 2 rings (SSSR count). The van der Waals surface area contributed by atoms with E-state index >= 15 is 0 Å². The van der Waals surface area contributed by atoms with E-state index in [4.69, 9.17) is 5.73 Å². The Kier molecular flexibility index (Phi) is 5.14. The van der Waals surface area contributed by atoms with E-state index in [1.54, 1.807) is 0 Å². The van der Waals surface area contributed by atoms with Gasteiger partial charge in [0.05, 0.1) is 0 Å². The van der Waals surface area contributed by atoms with Gasteiger partial charge in [-0.15, -0.1) is 0 Å². The molecule has 0 saturated heterocycles. The van der Waals surface area contributed by atoms with Gasteiger partial charge in [-0.2, -0.15) is 0 Å². The standard InChI is InChI=1S/C19H23N/c1-15-8-10-19(16(2)13-15)11-9-18-6-3-5-17(14-18)7-4-12-20/h3,5-6,8-11,13-14H,4,7,12,20H2,1-2H3/b11-9-. The average molecular weight is 265 g/mol. The molecule has 0 fully saturated rings. The maximum absolute atomic E-state index is 5.56. The predicted molar refractivity (Wildman–Crippen MR) is 88.7 cm³/mol. The number of hydrogen-bond donors (Lipinski definition) is 1. The number of nitrogens with two attached hydrogens (primary N) is 1. The SMILES string of the molecule is Cc1ccc(/C=C\c2cccc(CCCN)c2)c(C)c1. The van der Waals surface area contributed by atoms with Gasteiger partial charge in [0.15, 0.2) is 0 Å². The van der Waals surface area contributed by atoms with Crippen molar-refractivity contribution in [3.63, 3.8) is 0 Å². The molecule has 0 heterocycles. The minimum absolute atomic E-state index is 0.753. The Morgan fingerprint density at radius 2 is 1.85 bits per heavy atom. The first-order valence-corrected chi connectivity index (χ1v) is 7.23. The number of benzene rings is 2. The molecule has 0 atom stereocenters. The molecular formula is C19H23N. The average Bonchev–Trinajstić information content (AvgIpc) is 2.45. The van der Waals surface area contributed by atoms with Gasteiger partial charge in [-0.3, -0.25) is 0 Å². The van der Waals surface area contributed by atoms with Gasteiger partial charge >= 0.3 is 0 Å². The Bertz CT molecular complexity index is 596. The maximum Gasteiger partial charge on any atom is -0.00741 e. The summed E-state index contributed by atoms with van der Waals surface area (Å²) in [7, 11) is 0. The van der Waals surface area contributed by atoms with Crippen molar-refractivity contribution in [2.75, 3.05) is 6.54 Å². The zero-order valence-corrected chi connectivity index (χ0v) is 12.4. The van der Waals surface area contributed by atoms with Crippen LogP contribution in [0.5, 0.6) is 0 Å². The van der Waals surface area contributed by atoms with Gasteiger partial charge < -0.3 is 5.73 Å². The van der Waals surface area contributed by atoms with E-state index in [9.17, 15) is 0 Å². The fourth-order valence-corrected chi connectivity index (χ4v) is 2.36. The van der Waals surface area contributed by atoms with Crippen LogP contribution in [-0.2, 0) is 6.42 Å². The lowest BCUT2D eigenvalue weighted by Crippen LogP contribution is -2.00. The third-order valence-corrected chi connectivity index (χ3v) is 3.50. The first-order valence-electron chi connectivity index (χ1n) is 7.23. The minimum atomic E-state index is 0.753. The molecule has 2 aromatic rings. The lowest BCUT2D eigenvalue weighted by Gasteiger charge is -2.03. The summed E-state index contributed by atoms with van der Waals surface area (Å²) in [6.45, 7) is 5.04. The summed E-state index contributed by atoms with van der Waals surface area (Å²) in [5, 5.41) is 0. The van der Waals surface area contributed by atoms with Crippen molar-refractivity contribution in [3.05, 3.63) is 70.3 Å². The highest BCUT2D eigenvalue weighted by atomic mass is 14.5. The largest absolute Gasteiger partial charge is 0.330 e. The highest BCUT2D eigenvalue weighted by Gasteiger charge is 1.96. The molecule has 0 aliphatic rings. The molecule has 0 spiro atoms. The molecule has 104 valence electrons. The van der Waals surface area contributed by atoms with Crippen molar-refractivity contribution in [2.45, 2.75) is 26.7 Å². The molecule has 1 nitrogen and oxygen atoms in total. The van der Waals surface area contributed by atoms with Crippen LogP contribution in [0.1, 0.15) is 34.2 Å². The fraction of sp³-hybridized carbons (Fsp3) is 0.263. The lowest BCUT2D eigenvalue weighted by atomic mass is 10.0. The molecule has 0 unspecified atom stereocenters. The van der Waals surface area contributed by atoms with Gasteiger partial charge in [-0.25, -0.2) is 0 Å². The van der Waals surface area contributed by atoms with Crippen LogP contribution in [-0.4, -0.2) is 6.54 Å². The summed E-state index contributed by atoms with van der Waals surface area (Å²) in [6.07, 6.45) is 6.48. The maximum atomic E-state index is 5.56. The molecule has 0 amide bonds. The second kappa shape index (κ2) is 7.06. The van der Waals surface area contributed by atoms with Crippen LogP contribution >= 0.6 is 0 Å². The number of hydrogen-bond acceptors (Lipinski definition) is 1. The molecule has 0 radical (unpaired) electrons. The Morgan fingerprint density at radius 1 is 1.00 bits per heavy atom. The highest BCUT2D eigenvalue weighted by molar-refractivity contribution is 5.71. The Balaban J connectivity index is 2.14. The second-order valence-electron chi connectivity index (χ2n) is 5.33. The van der Waals surface area contributed by atoms with Crippen molar-refractivity contribution in [1.29, 1.82) is 0 Å². The minimum Gasteiger partial charge on any atom is -0.330 e. The van der Waals surface area contributed by atoms with Crippen molar-refractivity contribution in [2.24, 2.45) is 5.73 Å². The van der Waals surface area contributed by atoms with Gasteiger partial charge in [-0.05, 0) is 55.5 Å². The summed E-state index contributed by atoms with van der Waals surface area (Å²) in [6, 6.07) is 15.2. The van der Waals surface area contributed by atoms with Crippen LogP contribution in [0, 0.1) is 13.8 Å². The fourth-order valence-electron chi connectivity index (χ4n) is 2.36. The highest BCUT2D eigenvalue weighted by Crippen LogP contribution is 2.15. The molecule has 0 saturated carbocycles. The van der Waals surface area contributed by atoms with Gasteiger partial charge in [0.25, 0.3) is 0 Å². The van der Waals surface area contributed by atoms with Gasteiger partial charge in [0, 0.05) is 0 Å². The van der Waals surface area contributed by atoms with Crippen LogP contribution in [0.2, 0.25) is 0 Å². The van der Waals surface area contributed by atoms with E-state index in [0.29, 0.717) is 0 Å². The summed E-state index contributed by atoms with van der Waals surface area (Å²) >= 11 is 0. The first kappa shape index (κ1) is 14.5. The molecule has 2 aromatic carbocycles. The number of aryl methyl sites for hydroxylation is 3. The molecular weight excluding hydrogens is 242 g/mol. The third-order valence-electron chi connectivity index (χ3n) is 3.50. The molecule has 1 heteroatoms. The molecule has 0 aromatic heterocycles. The zero-order chi connectivity index (χ0) is 14.4. The van der Waals surface area contributed by atoms with Crippen molar-refractivity contribution < 1.29 is 0 Å². The van der Waals surface area contributed by atoms with Gasteiger partial charge in [0.1, 0.15) is 0 Å². The summed E-state index contributed by atoms with van der Waals surface area (Å²) in [4.78, 5) is 0. The second-order valence-corrected chi connectivity index (χ2v) is 5.33. The first-order chi connectivity index (χ1) is 9.69. The summed E-state index contributed by atoms with van der Waals surface area (Å²) in [5.74, 6) is 0. The molecule has 0 bridgehead atoms. The molecule has 0 aliphatic heterocycles. The van der Waals surface area contributed by atoms with Gasteiger partial charge in [0.2, 0.25) is 0 Å². The topological polar surface area (TPSA) is 26.0 Å². The van der Waals surface area contributed by atoms with E-state index in [1.807, 2.05) is 0 Å². The smallest absolute Gasteiger partial charge is 0.00741 e. The Morgan fingerprint density at radius 3 is 2.60 bits per heavy atom. The monoisotopic (exact) mass is 265 g/mol. The van der Waals surface area contributed by atoms with Crippen molar-refractivity contribution in [3.8, 4) is 0 Å². The molecule has 0 aliphatic carbocycles. The number of rotatable bonds is 5. The Hall–Kier alpha value is -1.86. The van der Waals surface area contributed by atoms with E-state index in [2.05, 4.69) is 68.5 Å². The van der Waals surface area contributed by atoms with E-state index in [1.165, 1.54) is 27.8 Å². The van der Waals surface area contributed by atoms with Crippen molar-refractivity contribution >= 4 is 12.2 Å². The quantitative estimate of drug-likeness (QED) is 0.798. The van der Waals surface area contributed by atoms with Crippen LogP contribution in [0.25, 0.3) is 12.2 Å². The van der Waals surface area contributed by atoms with Crippen LogP contribution in [0.4, 0.5) is 0 Å². The van der Waals surface area contributed by atoms with Gasteiger partial charge in [-0.1, -0.05) is 60.2 Å². The normalized spacial score (nSPS) is 11.2. The van der Waals surface area contributed by atoms with E-state index in [0.717, 1.165) is 19.4 Å². The molecule has 20 heavy (non-hydrogen) atoms. The van der Waals surface area contributed by atoms with E-state index < -0.39 is 0 Å². The zero-order valence-electron chi connectivity index (χ0n) is 12.4. The summed E-state index contributed by atoms with van der Waals surface area (Å²) < 4.78 is 0. The summed E-state index contributed by atoms with van der Waals surface area (Å²) in [5.41, 5.74) is 12.1. The van der Waals surface area contributed by atoms with Crippen LogP contribution < -0.4 is 5.73 Å².